The van der Waals surface area contributed by atoms with Crippen LogP contribution >= 0.6 is 0 Å². The van der Waals surface area contributed by atoms with Crippen molar-refractivity contribution in [1.29, 1.82) is 0 Å². The average Bonchev–Trinajstić information content (AvgIpc) is 3.03. The molecule has 1 radical (unpaired) electrons. The Morgan fingerprint density at radius 3 is 2.11 bits per heavy atom. The van der Waals surface area contributed by atoms with Crippen molar-refractivity contribution < 1.29 is 13.3 Å². The average molecular weight is 269 g/mol. The number of nitrogens with one attached hydrogen (secondary N) is 1. The first-order chi connectivity index (χ1) is 8.62. The second-order valence-electron chi connectivity index (χ2n) is 3.90. The molecule has 0 bridgehead atoms. The van der Waals surface area contributed by atoms with Crippen molar-refractivity contribution in [3.8, 4) is 11.1 Å². The lowest BCUT2D eigenvalue weighted by Crippen LogP contribution is -2.33. The van der Waals surface area contributed by atoms with Gasteiger partial charge >= 0.3 is 9.53 Å². The molecule has 0 aliphatic heterocycles. The summed E-state index contributed by atoms with van der Waals surface area (Å²) in [6.07, 6.45) is 0.0827. The van der Waals surface area contributed by atoms with E-state index >= 15 is 0 Å². The lowest BCUT2D eigenvalue weighted by atomic mass is 10.3. The molecule has 18 heavy (non-hydrogen) atoms. The summed E-state index contributed by atoms with van der Waals surface area (Å²) in [5.41, 5.74) is 9.74. The molecule has 5 nitrogen and oxygen atoms in total. The van der Waals surface area contributed by atoms with E-state index in [1.54, 1.807) is 21.3 Å². The van der Waals surface area contributed by atoms with E-state index < -0.39 is 9.53 Å². The van der Waals surface area contributed by atoms with Crippen LogP contribution in [0.25, 0.3) is 11.1 Å². The Morgan fingerprint density at radius 1 is 1.22 bits per heavy atom. The Balaban J connectivity index is 0.000000203. The van der Waals surface area contributed by atoms with Crippen LogP contribution in [0.5, 0.6) is 0 Å². The SMILES string of the molecule is CC(N)NCc1ccc2cc1-2.CO[Si](OC)OC. The number of hydrogen-bond donors (Lipinski definition) is 2. The predicted molar refractivity (Wildman–Crippen MR) is 72.7 cm³/mol. The lowest BCUT2D eigenvalue weighted by molar-refractivity contribution is 0.163. The van der Waals surface area contributed by atoms with Crippen LogP contribution in [0, 0.1) is 0 Å². The summed E-state index contributed by atoms with van der Waals surface area (Å²) in [6.45, 7) is 2.84. The largest absolute Gasteiger partial charge is 0.576 e. The Bertz CT molecular complexity index is 365. The summed E-state index contributed by atoms with van der Waals surface area (Å²) >= 11 is 0. The minimum absolute atomic E-state index is 0.0827. The van der Waals surface area contributed by atoms with E-state index in [1.165, 1.54) is 16.7 Å². The monoisotopic (exact) mass is 269 g/mol. The fraction of sp³-hybridized carbons (Fsp3) is 0.500. The summed E-state index contributed by atoms with van der Waals surface area (Å²) in [4.78, 5) is 0. The van der Waals surface area contributed by atoms with E-state index in [0.717, 1.165) is 6.54 Å². The molecule has 0 saturated carbocycles. The van der Waals surface area contributed by atoms with Crippen LogP contribution < -0.4 is 11.1 Å². The Kier molecular flexibility index (Phi) is 6.48. The molecule has 0 fully saturated rings. The predicted octanol–water partition coefficient (Wildman–Crippen LogP) is 0.972. The maximum Gasteiger partial charge on any atom is 0.576 e. The van der Waals surface area contributed by atoms with Crippen LogP contribution in [0.1, 0.15) is 12.5 Å². The van der Waals surface area contributed by atoms with Crippen molar-refractivity contribution in [2.45, 2.75) is 19.6 Å². The zero-order valence-corrected chi connectivity index (χ0v) is 12.3. The van der Waals surface area contributed by atoms with Crippen LogP contribution in [0.4, 0.5) is 0 Å². The third-order valence-electron chi connectivity index (χ3n) is 2.45. The molecule has 2 aliphatic rings. The van der Waals surface area contributed by atoms with Crippen LogP contribution in [-0.2, 0) is 19.8 Å². The number of hydrogen-bond acceptors (Lipinski definition) is 5. The van der Waals surface area contributed by atoms with E-state index in [0.29, 0.717) is 0 Å². The number of benzene rings is 1. The van der Waals surface area contributed by atoms with E-state index in [9.17, 15) is 0 Å². The molecule has 6 heteroatoms. The summed E-state index contributed by atoms with van der Waals surface area (Å²) in [5.74, 6) is 0. The molecule has 0 aromatic rings. The molecule has 1 atom stereocenters. The molecule has 2 rings (SSSR count). The van der Waals surface area contributed by atoms with Crippen molar-refractivity contribution in [1.82, 2.24) is 5.32 Å². The highest BCUT2D eigenvalue weighted by molar-refractivity contribution is 6.36. The topological polar surface area (TPSA) is 65.7 Å². The fourth-order valence-electron chi connectivity index (χ4n) is 1.49. The van der Waals surface area contributed by atoms with Crippen LogP contribution in [0.2, 0.25) is 0 Å². The maximum absolute atomic E-state index is 5.55. The van der Waals surface area contributed by atoms with E-state index in [4.69, 9.17) is 19.0 Å². The maximum atomic E-state index is 5.55. The normalized spacial score (nSPS) is 13.0. The summed E-state index contributed by atoms with van der Waals surface area (Å²) in [6, 6.07) is 6.49. The van der Waals surface area contributed by atoms with Gasteiger partial charge in [0.1, 0.15) is 0 Å². The van der Waals surface area contributed by atoms with Gasteiger partial charge in [-0.15, -0.1) is 0 Å². The molecular weight excluding hydrogens is 248 g/mol. The van der Waals surface area contributed by atoms with Crippen molar-refractivity contribution in [3.05, 3.63) is 23.8 Å². The van der Waals surface area contributed by atoms with Gasteiger partial charge in [-0.1, -0.05) is 12.1 Å². The summed E-state index contributed by atoms with van der Waals surface area (Å²) in [5, 5.41) is 3.18. The van der Waals surface area contributed by atoms with Gasteiger partial charge in [0.05, 0.1) is 6.17 Å². The quantitative estimate of drug-likeness (QED) is 0.604. The Labute approximate surface area is 110 Å². The molecule has 0 heterocycles. The van der Waals surface area contributed by atoms with Gasteiger partial charge in [-0.2, -0.15) is 0 Å². The molecule has 1 unspecified atom stereocenters. The Hall–Kier alpha value is -0.763. The molecule has 101 valence electrons. The van der Waals surface area contributed by atoms with Gasteiger partial charge in [0, 0.05) is 27.9 Å². The summed E-state index contributed by atoms with van der Waals surface area (Å²) in [7, 11) is 3.31. The van der Waals surface area contributed by atoms with Gasteiger partial charge in [0.15, 0.2) is 0 Å². The molecule has 2 aliphatic carbocycles. The highest BCUT2D eigenvalue weighted by atomic mass is 28.3. The second kappa shape index (κ2) is 7.62. The fourth-order valence-corrected chi connectivity index (χ4v) is 1.99. The van der Waals surface area contributed by atoms with Gasteiger partial charge < -0.3 is 19.0 Å². The molecular formula is C12H21N2O3Si. The number of fused-ring (bicyclic) bond motifs is 1. The standard InChI is InChI=1S/C9H12N2.C3H9O3Si/c1-6(10)11-5-8-3-2-7-4-9(7)8;1-4-7(5-2)6-3/h2-4,6,11H,5,10H2,1H3;1-3H3. The molecule has 0 spiro atoms. The van der Waals surface area contributed by atoms with Crippen molar-refractivity contribution in [3.63, 3.8) is 0 Å². The molecule has 0 aromatic carbocycles. The van der Waals surface area contributed by atoms with E-state index in [1.807, 2.05) is 6.92 Å². The minimum Gasteiger partial charge on any atom is -0.375 e. The van der Waals surface area contributed by atoms with Crippen LogP contribution in [0.15, 0.2) is 18.2 Å². The third kappa shape index (κ3) is 4.85. The first kappa shape index (κ1) is 15.3. The lowest BCUT2D eigenvalue weighted by Gasteiger charge is -2.06. The smallest absolute Gasteiger partial charge is 0.375 e. The Morgan fingerprint density at radius 2 is 1.83 bits per heavy atom. The number of nitrogens with two attached hydrogens (primary N) is 1. The van der Waals surface area contributed by atoms with Crippen LogP contribution in [-0.4, -0.2) is 37.0 Å². The van der Waals surface area contributed by atoms with E-state index in [2.05, 4.69) is 23.5 Å². The molecule has 0 amide bonds. The van der Waals surface area contributed by atoms with Gasteiger partial charge in [-0.3, -0.25) is 5.32 Å². The zero-order chi connectivity index (χ0) is 13.5. The molecule has 0 aromatic heterocycles. The minimum atomic E-state index is -1.36. The van der Waals surface area contributed by atoms with E-state index in [-0.39, 0.29) is 6.17 Å². The van der Waals surface area contributed by atoms with Crippen molar-refractivity contribution in [2.75, 3.05) is 21.3 Å². The van der Waals surface area contributed by atoms with Gasteiger partial charge in [-0.25, -0.2) is 0 Å². The molecule has 3 N–H and O–H groups in total. The summed E-state index contributed by atoms with van der Waals surface area (Å²) < 4.78 is 14.1. The highest BCUT2D eigenvalue weighted by Gasteiger charge is 2.16. The van der Waals surface area contributed by atoms with Crippen molar-refractivity contribution in [2.24, 2.45) is 5.73 Å². The molecule has 0 saturated heterocycles. The first-order valence-electron chi connectivity index (χ1n) is 5.73. The van der Waals surface area contributed by atoms with Gasteiger partial charge in [-0.05, 0) is 29.7 Å². The van der Waals surface area contributed by atoms with Gasteiger partial charge in [0.25, 0.3) is 0 Å². The van der Waals surface area contributed by atoms with Crippen LogP contribution in [0.3, 0.4) is 0 Å². The van der Waals surface area contributed by atoms with Crippen molar-refractivity contribution >= 4 is 9.53 Å². The highest BCUT2D eigenvalue weighted by Crippen LogP contribution is 2.37. The number of rotatable bonds is 6. The zero-order valence-electron chi connectivity index (χ0n) is 11.3. The van der Waals surface area contributed by atoms with Gasteiger partial charge in [0.2, 0.25) is 0 Å². The second-order valence-corrected chi connectivity index (χ2v) is 5.63. The third-order valence-corrected chi connectivity index (χ3v) is 3.45. The first-order valence-corrected chi connectivity index (χ1v) is 6.96.